The molecule has 2 rings (SSSR count). The van der Waals surface area contributed by atoms with E-state index < -0.39 is 0 Å². The lowest BCUT2D eigenvalue weighted by Crippen LogP contribution is -2.45. The van der Waals surface area contributed by atoms with E-state index in [0.29, 0.717) is 15.9 Å². The minimum absolute atomic E-state index is 0.164. The Hall–Kier alpha value is -0.710. The van der Waals surface area contributed by atoms with Gasteiger partial charge in [-0.3, -0.25) is 4.79 Å². The van der Waals surface area contributed by atoms with Crippen molar-refractivity contribution in [3.63, 3.8) is 0 Å². The zero-order valence-electron chi connectivity index (χ0n) is 8.65. The van der Waals surface area contributed by atoms with Crippen LogP contribution in [-0.4, -0.2) is 30.0 Å². The fourth-order valence-electron chi connectivity index (χ4n) is 1.76. The minimum Gasteiger partial charge on any atom is -0.347 e. The normalized spacial score (nSPS) is 20.8. The van der Waals surface area contributed by atoms with Crippen molar-refractivity contribution in [3.8, 4) is 0 Å². The second kappa shape index (κ2) is 5.08. The second-order valence-corrected chi connectivity index (χ2v) is 4.65. The molecular weight excluding hydrogens is 249 g/mol. The van der Waals surface area contributed by atoms with E-state index in [9.17, 15) is 4.79 Å². The number of carbonyl (C=O) groups is 1. The summed E-state index contributed by atoms with van der Waals surface area (Å²) in [5.74, 6) is -0.164. The Morgan fingerprint density at radius 1 is 1.50 bits per heavy atom. The number of amides is 1. The van der Waals surface area contributed by atoms with Gasteiger partial charge in [0.05, 0.1) is 5.02 Å². The first-order chi connectivity index (χ1) is 7.66. The summed E-state index contributed by atoms with van der Waals surface area (Å²) in [5, 5.41) is 6.83. The molecule has 1 amide bonds. The zero-order chi connectivity index (χ0) is 11.5. The highest BCUT2D eigenvalue weighted by atomic mass is 35.5. The molecule has 1 aromatic rings. The van der Waals surface area contributed by atoms with Gasteiger partial charge in [-0.2, -0.15) is 0 Å². The molecule has 0 radical (unpaired) electrons. The SMILES string of the molecule is O=C(NC1CCCNC1)c1cc(Cl)c(Cl)[nH]1. The van der Waals surface area contributed by atoms with Gasteiger partial charge in [0.2, 0.25) is 0 Å². The molecule has 0 bridgehead atoms. The van der Waals surface area contributed by atoms with Crippen molar-refractivity contribution in [1.82, 2.24) is 15.6 Å². The molecule has 0 aliphatic carbocycles. The van der Waals surface area contributed by atoms with Crippen LogP contribution in [-0.2, 0) is 0 Å². The number of nitrogens with one attached hydrogen (secondary N) is 3. The lowest BCUT2D eigenvalue weighted by Gasteiger charge is -2.23. The smallest absolute Gasteiger partial charge is 0.268 e. The monoisotopic (exact) mass is 261 g/mol. The summed E-state index contributed by atoms with van der Waals surface area (Å²) in [4.78, 5) is 14.5. The van der Waals surface area contributed by atoms with E-state index in [1.807, 2.05) is 0 Å². The number of hydrogen-bond acceptors (Lipinski definition) is 2. The van der Waals surface area contributed by atoms with Gasteiger partial charge >= 0.3 is 0 Å². The van der Waals surface area contributed by atoms with Crippen molar-refractivity contribution in [1.29, 1.82) is 0 Å². The average molecular weight is 262 g/mol. The summed E-state index contributed by atoms with van der Waals surface area (Å²) in [6.07, 6.45) is 2.08. The van der Waals surface area contributed by atoms with Gasteiger partial charge in [0.15, 0.2) is 0 Å². The van der Waals surface area contributed by atoms with Crippen LogP contribution in [0.2, 0.25) is 10.2 Å². The molecule has 1 aliphatic rings. The zero-order valence-corrected chi connectivity index (χ0v) is 10.2. The number of rotatable bonds is 2. The van der Waals surface area contributed by atoms with E-state index in [2.05, 4.69) is 15.6 Å². The van der Waals surface area contributed by atoms with Crippen LogP contribution in [0.15, 0.2) is 6.07 Å². The summed E-state index contributed by atoms with van der Waals surface area (Å²) < 4.78 is 0. The number of aromatic amines is 1. The Balaban J connectivity index is 1.96. The largest absolute Gasteiger partial charge is 0.347 e. The number of piperidine rings is 1. The summed E-state index contributed by atoms with van der Waals surface area (Å²) in [6, 6.07) is 1.72. The Bertz CT molecular complexity index is 366. The van der Waals surface area contributed by atoms with Gasteiger partial charge in [-0.15, -0.1) is 0 Å². The molecule has 16 heavy (non-hydrogen) atoms. The van der Waals surface area contributed by atoms with Crippen LogP contribution in [0.4, 0.5) is 0 Å². The third kappa shape index (κ3) is 2.70. The van der Waals surface area contributed by atoms with Crippen LogP contribution in [0, 0.1) is 0 Å². The van der Waals surface area contributed by atoms with Crippen molar-refractivity contribution in [2.75, 3.05) is 13.1 Å². The summed E-state index contributed by atoms with van der Waals surface area (Å²) in [5.41, 5.74) is 0.403. The van der Waals surface area contributed by atoms with E-state index in [1.165, 1.54) is 6.07 Å². The first kappa shape index (κ1) is 11.8. The van der Waals surface area contributed by atoms with Crippen molar-refractivity contribution in [2.24, 2.45) is 0 Å². The molecule has 0 saturated carbocycles. The summed E-state index contributed by atoms with van der Waals surface area (Å²) in [6.45, 7) is 1.83. The van der Waals surface area contributed by atoms with E-state index in [0.717, 1.165) is 25.9 Å². The Morgan fingerprint density at radius 3 is 2.88 bits per heavy atom. The van der Waals surface area contributed by atoms with Crippen LogP contribution >= 0.6 is 23.2 Å². The molecule has 0 spiro atoms. The molecule has 3 N–H and O–H groups in total. The van der Waals surface area contributed by atoms with Crippen molar-refractivity contribution < 1.29 is 4.79 Å². The van der Waals surface area contributed by atoms with Crippen molar-refractivity contribution >= 4 is 29.1 Å². The van der Waals surface area contributed by atoms with Crippen LogP contribution in [0.1, 0.15) is 23.3 Å². The number of H-pyrrole nitrogens is 1. The fourth-order valence-corrected chi connectivity index (χ4v) is 2.08. The Morgan fingerprint density at radius 2 is 2.31 bits per heavy atom. The molecule has 1 atom stereocenters. The average Bonchev–Trinajstić information content (AvgIpc) is 2.61. The molecule has 1 fully saturated rings. The highest BCUT2D eigenvalue weighted by Gasteiger charge is 2.18. The molecule has 0 aromatic carbocycles. The lowest BCUT2D eigenvalue weighted by molar-refractivity contribution is 0.0926. The van der Waals surface area contributed by atoms with Crippen LogP contribution in [0.25, 0.3) is 0 Å². The van der Waals surface area contributed by atoms with E-state index >= 15 is 0 Å². The fraction of sp³-hybridized carbons (Fsp3) is 0.500. The Kier molecular flexibility index (Phi) is 3.74. The van der Waals surface area contributed by atoms with Gasteiger partial charge in [-0.05, 0) is 25.5 Å². The van der Waals surface area contributed by atoms with E-state index in [-0.39, 0.29) is 11.9 Å². The van der Waals surface area contributed by atoms with Crippen LogP contribution in [0.3, 0.4) is 0 Å². The molecular formula is C10H13Cl2N3O. The third-order valence-corrected chi connectivity index (χ3v) is 3.29. The number of carbonyl (C=O) groups excluding carboxylic acids is 1. The summed E-state index contributed by atoms with van der Waals surface area (Å²) >= 11 is 11.5. The predicted molar refractivity (Wildman–Crippen MR) is 64.2 cm³/mol. The number of halogens is 2. The van der Waals surface area contributed by atoms with Crippen molar-refractivity contribution in [2.45, 2.75) is 18.9 Å². The minimum atomic E-state index is -0.164. The number of aromatic nitrogens is 1. The van der Waals surface area contributed by atoms with Gasteiger partial charge in [0.1, 0.15) is 10.8 Å². The van der Waals surface area contributed by atoms with Crippen LogP contribution in [0.5, 0.6) is 0 Å². The summed E-state index contributed by atoms with van der Waals surface area (Å²) in [7, 11) is 0. The van der Waals surface area contributed by atoms with Gasteiger partial charge in [-0.25, -0.2) is 0 Å². The quantitative estimate of drug-likeness (QED) is 0.761. The molecule has 2 heterocycles. The molecule has 1 aromatic heterocycles. The second-order valence-electron chi connectivity index (χ2n) is 3.86. The van der Waals surface area contributed by atoms with Gasteiger partial charge < -0.3 is 15.6 Å². The van der Waals surface area contributed by atoms with E-state index in [4.69, 9.17) is 23.2 Å². The maximum Gasteiger partial charge on any atom is 0.268 e. The van der Waals surface area contributed by atoms with Gasteiger partial charge in [0.25, 0.3) is 5.91 Å². The van der Waals surface area contributed by atoms with E-state index in [1.54, 1.807) is 0 Å². The van der Waals surface area contributed by atoms with Crippen molar-refractivity contribution in [3.05, 3.63) is 21.9 Å². The maximum atomic E-state index is 11.8. The Labute approximate surface area is 104 Å². The highest BCUT2D eigenvalue weighted by molar-refractivity contribution is 6.41. The lowest BCUT2D eigenvalue weighted by atomic mass is 10.1. The molecule has 1 unspecified atom stereocenters. The van der Waals surface area contributed by atoms with Gasteiger partial charge in [-0.1, -0.05) is 23.2 Å². The molecule has 1 saturated heterocycles. The van der Waals surface area contributed by atoms with Gasteiger partial charge in [0, 0.05) is 12.6 Å². The molecule has 1 aliphatic heterocycles. The van der Waals surface area contributed by atoms with Crippen LogP contribution < -0.4 is 10.6 Å². The molecule has 88 valence electrons. The molecule has 4 nitrogen and oxygen atoms in total. The molecule has 6 heteroatoms. The topological polar surface area (TPSA) is 56.9 Å². The number of hydrogen-bond donors (Lipinski definition) is 3. The first-order valence-electron chi connectivity index (χ1n) is 5.22. The standard InChI is InChI=1S/C10H13Cl2N3O/c11-7-4-8(15-9(7)12)10(16)14-6-2-1-3-13-5-6/h4,6,13,15H,1-3,5H2,(H,14,16). The predicted octanol–water partition coefficient (Wildman–Crippen LogP) is 1.80. The highest BCUT2D eigenvalue weighted by Crippen LogP contribution is 2.21. The first-order valence-corrected chi connectivity index (χ1v) is 5.98. The maximum absolute atomic E-state index is 11.8. The third-order valence-electron chi connectivity index (χ3n) is 2.60.